The summed E-state index contributed by atoms with van der Waals surface area (Å²) >= 11 is 0. The largest absolute Gasteiger partial charge is 0.463 e. The lowest BCUT2D eigenvalue weighted by atomic mass is 9.83. The highest BCUT2D eigenvalue weighted by Gasteiger charge is 2.38. The van der Waals surface area contributed by atoms with Gasteiger partial charge in [-0.15, -0.1) is 0 Å². The highest BCUT2D eigenvalue weighted by molar-refractivity contribution is 5.96. The second kappa shape index (κ2) is 13.0. The number of ether oxygens (including phenoxy) is 1. The number of rotatable bonds is 10. The molecule has 0 N–H and O–H groups in total. The van der Waals surface area contributed by atoms with Crippen molar-refractivity contribution in [3.8, 4) is 0 Å². The van der Waals surface area contributed by atoms with Crippen molar-refractivity contribution in [3.63, 3.8) is 0 Å². The number of nitrogens with zero attached hydrogens (tertiary/aromatic N) is 2. The molecule has 2 aromatic rings. The predicted octanol–water partition coefficient (Wildman–Crippen LogP) is 6.32. The number of allylic oxidation sites excluding steroid dienone is 1. The van der Waals surface area contributed by atoms with Crippen molar-refractivity contribution in [1.82, 2.24) is 9.80 Å². The van der Waals surface area contributed by atoms with Gasteiger partial charge in [0.1, 0.15) is 0 Å². The van der Waals surface area contributed by atoms with Crippen LogP contribution in [-0.4, -0.2) is 47.3 Å². The number of carbonyl (C=O) groups is 3. The molecule has 0 saturated carbocycles. The van der Waals surface area contributed by atoms with Crippen LogP contribution in [0.25, 0.3) is 0 Å². The average Bonchev–Trinajstić information content (AvgIpc) is 2.90. The Morgan fingerprint density at radius 1 is 1.03 bits per heavy atom. The van der Waals surface area contributed by atoms with E-state index in [4.69, 9.17) is 4.74 Å². The summed E-state index contributed by atoms with van der Waals surface area (Å²) in [6, 6.07) is 11.6. The molecule has 1 aliphatic rings. The van der Waals surface area contributed by atoms with Crippen molar-refractivity contribution in [2.75, 3.05) is 19.7 Å². The average molecular weight is 545 g/mol. The molecule has 39 heavy (non-hydrogen) atoms. The minimum Gasteiger partial charge on any atom is -0.463 e. The molecule has 0 aromatic heterocycles. The van der Waals surface area contributed by atoms with Crippen molar-refractivity contribution < 1.29 is 32.3 Å². The van der Waals surface area contributed by atoms with Gasteiger partial charge in [-0.3, -0.25) is 9.59 Å². The summed E-state index contributed by atoms with van der Waals surface area (Å²) in [5, 5.41) is 0. The highest BCUT2D eigenvalue weighted by atomic mass is 19.4. The lowest BCUT2D eigenvalue weighted by Gasteiger charge is -2.34. The molecule has 0 aliphatic carbocycles. The maximum atomic E-state index is 13.3. The fourth-order valence-electron chi connectivity index (χ4n) is 4.89. The van der Waals surface area contributed by atoms with Gasteiger partial charge in [0.15, 0.2) is 0 Å². The fraction of sp³-hybridized carbons (Fsp3) is 0.433. The molecule has 1 aliphatic heterocycles. The number of hydrogen-bond donors (Lipinski definition) is 0. The zero-order valence-electron chi connectivity index (χ0n) is 22.8. The van der Waals surface area contributed by atoms with Gasteiger partial charge >= 0.3 is 12.1 Å². The van der Waals surface area contributed by atoms with Crippen LogP contribution in [0.2, 0.25) is 0 Å². The molecule has 0 saturated heterocycles. The van der Waals surface area contributed by atoms with Crippen LogP contribution >= 0.6 is 0 Å². The van der Waals surface area contributed by atoms with Crippen molar-refractivity contribution in [3.05, 3.63) is 82.1 Å². The summed E-state index contributed by atoms with van der Waals surface area (Å²) in [7, 11) is 0. The first kappa shape index (κ1) is 29.9. The maximum absolute atomic E-state index is 13.3. The minimum atomic E-state index is -4.49. The van der Waals surface area contributed by atoms with Gasteiger partial charge in [0.2, 0.25) is 5.91 Å². The van der Waals surface area contributed by atoms with Crippen LogP contribution in [0.3, 0.4) is 0 Å². The first-order valence-corrected chi connectivity index (χ1v) is 13.2. The van der Waals surface area contributed by atoms with Gasteiger partial charge in [0, 0.05) is 36.7 Å². The van der Waals surface area contributed by atoms with Crippen LogP contribution in [0, 0.1) is 0 Å². The number of hydrogen-bond acceptors (Lipinski definition) is 4. The monoisotopic (exact) mass is 544 g/mol. The molecule has 0 bridgehead atoms. The number of alkyl halides is 3. The van der Waals surface area contributed by atoms with Crippen molar-refractivity contribution >= 4 is 17.8 Å². The highest BCUT2D eigenvalue weighted by Crippen LogP contribution is 2.39. The van der Waals surface area contributed by atoms with E-state index in [1.807, 2.05) is 24.8 Å². The molecule has 0 spiro atoms. The molecule has 3 rings (SSSR count). The van der Waals surface area contributed by atoms with Gasteiger partial charge in [0.25, 0.3) is 5.91 Å². The van der Waals surface area contributed by atoms with Crippen LogP contribution in [0.5, 0.6) is 0 Å². The number of amides is 2. The first-order valence-electron chi connectivity index (χ1n) is 13.2. The summed E-state index contributed by atoms with van der Waals surface area (Å²) in [5.74, 6) is -1.70. The topological polar surface area (TPSA) is 66.9 Å². The lowest BCUT2D eigenvalue weighted by molar-refractivity contribution is -0.140. The number of halogens is 3. The van der Waals surface area contributed by atoms with Gasteiger partial charge in [-0.25, -0.2) is 4.79 Å². The van der Waals surface area contributed by atoms with Gasteiger partial charge in [-0.1, -0.05) is 38.1 Å². The van der Waals surface area contributed by atoms with Crippen molar-refractivity contribution in [2.24, 2.45) is 0 Å². The fourth-order valence-corrected chi connectivity index (χ4v) is 4.89. The standard InChI is InChI=1S/C30H35F3N2O4/c1-5-15-34(16-6-2)28(37)23-10-8-9-21(17-23)19-35-20(4)27(29(38)39-7-3)25(18-26(35)36)22-11-13-24(14-12-22)30(31,32)33/h8-14,17,25H,5-7,15-16,18-19H2,1-4H3. The van der Waals surface area contributed by atoms with Gasteiger partial charge in [-0.2, -0.15) is 13.2 Å². The zero-order chi connectivity index (χ0) is 28.7. The maximum Gasteiger partial charge on any atom is 0.416 e. The van der Waals surface area contributed by atoms with Crippen molar-refractivity contribution in [1.29, 1.82) is 0 Å². The van der Waals surface area contributed by atoms with E-state index in [1.165, 1.54) is 17.0 Å². The van der Waals surface area contributed by atoms with Crippen LogP contribution < -0.4 is 0 Å². The Balaban J connectivity index is 1.95. The molecule has 1 unspecified atom stereocenters. The molecular formula is C30H35F3N2O4. The predicted molar refractivity (Wildman–Crippen MR) is 142 cm³/mol. The molecule has 1 heterocycles. The first-order chi connectivity index (χ1) is 18.5. The Kier molecular flexibility index (Phi) is 9.94. The molecule has 2 aromatic carbocycles. The summed E-state index contributed by atoms with van der Waals surface area (Å²) in [6.45, 7) is 8.88. The Bertz CT molecular complexity index is 1220. The molecule has 9 heteroatoms. The molecule has 6 nitrogen and oxygen atoms in total. The quantitative estimate of drug-likeness (QED) is 0.328. The molecule has 1 atom stereocenters. The molecule has 0 radical (unpaired) electrons. The molecule has 2 amide bonds. The Labute approximate surface area is 227 Å². The SMILES string of the molecule is CCCN(CCC)C(=O)c1cccc(CN2C(=O)CC(c3ccc(C(F)(F)F)cc3)C(C(=O)OCC)=C2C)c1. The number of carbonyl (C=O) groups excluding carboxylic acids is 3. The third kappa shape index (κ3) is 7.07. The zero-order valence-corrected chi connectivity index (χ0v) is 22.8. The van der Waals surface area contributed by atoms with E-state index in [1.54, 1.807) is 32.0 Å². The van der Waals surface area contributed by atoms with Gasteiger partial charge in [-0.05, 0) is 62.1 Å². The summed E-state index contributed by atoms with van der Waals surface area (Å²) in [4.78, 5) is 42.7. The van der Waals surface area contributed by atoms with Crippen LogP contribution in [0.4, 0.5) is 13.2 Å². The summed E-state index contributed by atoms with van der Waals surface area (Å²) < 4.78 is 44.5. The van der Waals surface area contributed by atoms with Crippen LogP contribution in [0.1, 0.15) is 79.9 Å². The second-order valence-corrected chi connectivity index (χ2v) is 9.57. The van der Waals surface area contributed by atoms with E-state index in [-0.39, 0.29) is 37.0 Å². The van der Waals surface area contributed by atoms with Gasteiger partial charge in [0.05, 0.1) is 24.3 Å². The van der Waals surface area contributed by atoms with E-state index < -0.39 is 23.6 Å². The Hall–Kier alpha value is -3.62. The van der Waals surface area contributed by atoms with E-state index in [9.17, 15) is 27.6 Å². The van der Waals surface area contributed by atoms with E-state index in [2.05, 4.69) is 0 Å². The van der Waals surface area contributed by atoms with E-state index in [0.29, 0.717) is 29.9 Å². The summed E-state index contributed by atoms with van der Waals surface area (Å²) in [5.41, 5.74) is 1.48. The van der Waals surface area contributed by atoms with Gasteiger partial charge < -0.3 is 14.5 Å². The number of benzene rings is 2. The van der Waals surface area contributed by atoms with E-state index >= 15 is 0 Å². The molecule has 210 valence electrons. The number of esters is 1. The third-order valence-electron chi connectivity index (χ3n) is 6.75. The van der Waals surface area contributed by atoms with Crippen LogP contribution in [0.15, 0.2) is 59.8 Å². The van der Waals surface area contributed by atoms with E-state index in [0.717, 1.165) is 30.5 Å². The normalized spacial score (nSPS) is 15.9. The minimum absolute atomic E-state index is 0.0765. The Morgan fingerprint density at radius 3 is 2.23 bits per heavy atom. The molecule has 0 fully saturated rings. The lowest BCUT2D eigenvalue weighted by Crippen LogP contribution is -2.38. The second-order valence-electron chi connectivity index (χ2n) is 9.57. The van der Waals surface area contributed by atoms with Crippen LogP contribution in [-0.2, 0) is 27.0 Å². The Morgan fingerprint density at radius 2 is 1.67 bits per heavy atom. The third-order valence-corrected chi connectivity index (χ3v) is 6.75. The molecular weight excluding hydrogens is 509 g/mol. The summed E-state index contributed by atoms with van der Waals surface area (Å²) in [6.07, 6.45) is -2.91. The smallest absolute Gasteiger partial charge is 0.416 e. The van der Waals surface area contributed by atoms with Crippen molar-refractivity contribution in [2.45, 2.75) is 65.6 Å².